The molecule has 1 aliphatic carbocycles. The summed E-state index contributed by atoms with van der Waals surface area (Å²) >= 11 is 0. The van der Waals surface area contributed by atoms with Gasteiger partial charge in [0, 0.05) is 12.6 Å². The number of amidine groups is 1. The van der Waals surface area contributed by atoms with Crippen molar-refractivity contribution in [1.29, 1.82) is 0 Å². The highest BCUT2D eigenvalue weighted by molar-refractivity contribution is 6.39. The van der Waals surface area contributed by atoms with Crippen molar-refractivity contribution < 1.29 is 14.3 Å². The van der Waals surface area contributed by atoms with E-state index in [1.165, 1.54) is 5.01 Å². The summed E-state index contributed by atoms with van der Waals surface area (Å²) in [5, 5.41) is 1.39. The largest absolute Gasteiger partial charge is 0.497 e. The van der Waals surface area contributed by atoms with Crippen molar-refractivity contribution in [2.24, 2.45) is 4.99 Å². The fraction of sp³-hybridized carbons (Fsp3) is 0.286. The summed E-state index contributed by atoms with van der Waals surface area (Å²) in [5.74, 6) is 0.592. The number of ether oxygens (including phenoxy) is 1. The van der Waals surface area contributed by atoms with Gasteiger partial charge in [-0.2, -0.15) is 0 Å². The molecule has 0 radical (unpaired) electrons. The van der Waals surface area contributed by atoms with Gasteiger partial charge in [-0.1, -0.05) is 30.3 Å². The quantitative estimate of drug-likeness (QED) is 0.836. The highest BCUT2D eigenvalue weighted by Gasteiger charge is 2.36. The van der Waals surface area contributed by atoms with E-state index in [1.54, 1.807) is 7.11 Å². The van der Waals surface area contributed by atoms with Crippen molar-refractivity contribution in [2.75, 3.05) is 18.7 Å². The summed E-state index contributed by atoms with van der Waals surface area (Å²) < 4.78 is 5.19. The smallest absolute Gasteiger partial charge is 0.291 e. The highest BCUT2D eigenvalue weighted by Crippen LogP contribution is 2.29. The first-order valence-corrected chi connectivity index (χ1v) is 9.28. The zero-order valence-electron chi connectivity index (χ0n) is 15.7. The number of nitrogens with zero attached hydrogens (tertiary/aromatic N) is 3. The van der Waals surface area contributed by atoms with E-state index in [-0.39, 0.29) is 30.2 Å². The standard InChI is InChI=1S/C21H22N4O3/c1-28-18-11-7-15(8-12-18)14-24(16-9-10-16)21(27)20-22-13-19(26)25(23-20)17-5-3-2-4-6-17/h2-8,11-12,16H,9-10,13-14H2,1H3,(H,22,23). The van der Waals surface area contributed by atoms with Crippen LogP contribution in [0.25, 0.3) is 0 Å². The Morgan fingerprint density at radius 2 is 1.89 bits per heavy atom. The molecule has 144 valence electrons. The summed E-state index contributed by atoms with van der Waals surface area (Å²) in [5.41, 5.74) is 4.61. The Morgan fingerprint density at radius 3 is 2.54 bits per heavy atom. The van der Waals surface area contributed by atoms with Gasteiger partial charge in [0.25, 0.3) is 11.8 Å². The van der Waals surface area contributed by atoms with Crippen molar-refractivity contribution in [1.82, 2.24) is 10.3 Å². The van der Waals surface area contributed by atoms with Crippen LogP contribution in [0, 0.1) is 0 Å². The molecule has 1 saturated carbocycles. The lowest BCUT2D eigenvalue weighted by Gasteiger charge is -2.30. The molecule has 7 heteroatoms. The van der Waals surface area contributed by atoms with Crippen molar-refractivity contribution in [2.45, 2.75) is 25.4 Å². The van der Waals surface area contributed by atoms with Crippen molar-refractivity contribution in [3.8, 4) is 5.75 Å². The molecule has 0 aromatic heterocycles. The van der Waals surface area contributed by atoms with E-state index in [9.17, 15) is 9.59 Å². The van der Waals surface area contributed by atoms with Gasteiger partial charge >= 0.3 is 0 Å². The molecule has 7 nitrogen and oxygen atoms in total. The summed E-state index contributed by atoms with van der Waals surface area (Å²) in [6.45, 7) is 0.442. The Kier molecular flexibility index (Phi) is 4.97. The second kappa shape index (κ2) is 7.72. The lowest BCUT2D eigenvalue weighted by atomic mass is 10.2. The fourth-order valence-electron chi connectivity index (χ4n) is 3.14. The molecular weight excluding hydrogens is 356 g/mol. The first-order chi connectivity index (χ1) is 13.7. The summed E-state index contributed by atoms with van der Waals surface area (Å²) in [4.78, 5) is 31.4. The van der Waals surface area contributed by atoms with Crippen LogP contribution in [0.15, 0.2) is 59.6 Å². The molecule has 2 aromatic carbocycles. The second-order valence-electron chi connectivity index (χ2n) is 6.85. The van der Waals surface area contributed by atoms with E-state index in [4.69, 9.17) is 4.74 Å². The number of hydrazine groups is 1. The Hall–Kier alpha value is -3.35. The summed E-state index contributed by atoms with van der Waals surface area (Å²) in [6.07, 6.45) is 1.97. The number of carbonyl (C=O) groups excluding carboxylic acids is 2. The van der Waals surface area contributed by atoms with E-state index in [0.717, 1.165) is 24.2 Å². The number of anilines is 1. The first-order valence-electron chi connectivity index (χ1n) is 9.28. The number of hydrogen-bond donors (Lipinski definition) is 1. The highest BCUT2D eigenvalue weighted by atomic mass is 16.5. The van der Waals surface area contributed by atoms with Gasteiger partial charge in [-0.25, -0.2) is 5.01 Å². The van der Waals surface area contributed by atoms with Gasteiger partial charge in [0.2, 0.25) is 5.84 Å². The lowest BCUT2D eigenvalue weighted by Crippen LogP contribution is -2.56. The fourth-order valence-corrected chi connectivity index (χ4v) is 3.14. The van der Waals surface area contributed by atoms with E-state index in [2.05, 4.69) is 10.4 Å². The molecule has 4 rings (SSSR count). The van der Waals surface area contributed by atoms with Crippen LogP contribution in [0.5, 0.6) is 5.75 Å². The minimum absolute atomic E-state index is 0.0516. The lowest BCUT2D eigenvalue weighted by molar-refractivity contribution is -0.125. The predicted molar refractivity (Wildman–Crippen MR) is 106 cm³/mol. The minimum atomic E-state index is -0.198. The predicted octanol–water partition coefficient (Wildman–Crippen LogP) is 2.14. The van der Waals surface area contributed by atoms with E-state index >= 15 is 0 Å². The molecule has 28 heavy (non-hydrogen) atoms. The molecule has 2 aliphatic rings. The zero-order valence-corrected chi connectivity index (χ0v) is 15.7. The minimum Gasteiger partial charge on any atom is -0.497 e. The molecule has 2 aromatic rings. The summed E-state index contributed by atoms with van der Waals surface area (Å²) in [7, 11) is 1.63. The number of amides is 2. The molecule has 2 amide bonds. The van der Waals surface area contributed by atoms with Crippen LogP contribution in [-0.2, 0) is 16.1 Å². The Bertz CT molecular complexity index is 892. The normalized spacial score (nSPS) is 16.2. The zero-order chi connectivity index (χ0) is 19.5. The molecule has 1 fully saturated rings. The van der Waals surface area contributed by atoms with Crippen LogP contribution in [0.2, 0.25) is 0 Å². The van der Waals surface area contributed by atoms with Crippen LogP contribution < -0.4 is 15.2 Å². The van der Waals surface area contributed by atoms with Crippen molar-refractivity contribution >= 4 is 23.3 Å². The average Bonchev–Trinajstić information content (AvgIpc) is 3.58. The maximum atomic E-state index is 13.2. The van der Waals surface area contributed by atoms with Crippen LogP contribution in [-0.4, -0.2) is 42.2 Å². The van der Waals surface area contributed by atoms with Crippen molar-refractivity contribution in [3.63, 3.8) is 0 Å². The first kappa shape index (κ1) is 18.0. The third-order valence-electron chi connectivity index (χ3n) is 4.82. The monoisotopic (exact) mass is 378 g/mol. The maximum Gasteiger partial charge on any atom is 0.291 e. The second-order valence-corrected chi connectivity index (χ2v) is 6.85. The number of benzene rings is 2. The third kappa shape index (κ3) is 3.83. The number of nitrogens with one attached hydrogen (secondary N) is 1. The Balaban J connectivity index is 1.51. The van der Waals surface area contributed by atoms with Gasteiger partial charge in [-0.15, -0.1) is 0 Å². The van der Waals surface area contributed by atoms with Crippen LogP contribution in [0.3, 0.4) is 0 Å². The van der Waals surface area contributed by atoms with Crippen LogP contribution in [0.1, 0.15) is 18.4 Å². The van der Waals surface area contributed by atoms with E-state index in [1.807, 2.05) is 59.5 Å². The van der Waals surface area contributed by atoms with Gasteiger partial charge in [-0.05, 0) is 42.7 Å². The number of rotatable bonds is 6. The summed E-state index contributed by atoms with van der Waals surface area (Å²) in [6, 6.07) is 17.1. The molecule has 0 bridgehead atoms. The van der Waals surface area contributed by atoms with Crippen molar-refractivity contribution in [3.05, 3.63) is 60.2 Å². The number of hydrogen-bond acceptors (Lipinski definition) is 5. The number of para-hydroxylation sites is 1. The number of aliphatic imine (C=N–C) groups is 1. The van der Waals surface area contributed by atoms with Gasteiger partial charge < -0.3 is 9.64 Å². The Morgan fingerprint density at radius 1 is 1.18 bits per heavy atom. The van der Waals surface area contributed by atoms with E-state index in [0.29, 0.717) is 12.2 Å². The van der Waals surface area contributed by atoms with E-state index < -0.39 is 0 Å². The molecular formula is C21H22N4O3. The number of carbonyl (C=O) groups is 2. The topological polar surface area (TPSA) is 74.2 Å². The molecule has 1 aliphatic heterocycles. The third-order valence-corrected chi connectivity index (χ3v) is 4.82. The molecule has 1 N–H and O–H groups in total. The van der Waals surface area contributed by atoms with Gasteiger partial charge in [-0.3, -0.25) is 20.0 Å². The molecule has 1 heterocycles. The molecule has 0 saturated heterocycles. The Labute approximate surface area is 163 Å². The SMILES string of the molecule is COc1ccc(CN(C(=O)C2=NCC(=O)N(c3ccccc3)N2)C2CC2)cc1. The van der Waals surface area contributed by atoms with Crippen LogP contribution in [0.4, 0.5) is 5.69 Å². The average molecular weight is 378 g/mol. The van der Waals surface area contributed by atoms with Gasteiger partial charge in [0.1, 0.15) is 12.3 Å². The van der Waals surface area contributed by atoms with Gasteiger partial charge in [0.05, 0.1) is 12.8 Å². The molecule has 0 unspecified atom stereocenters. The molecule has 0 spiro atoms. The molecule has 0 atom stereocenters. The number of methoxy groups -OCH3 is 1. The van der Waals surface area contributed by atoms with Gasteiger partial charge in [0.15, 0.2) is 0 Å². The maximum absolute atomic E-state index is 13.2. The van der Waals surface area contributed by atoms with Crippen LogP contribution >= 0.6 is 0 Å².